The van der Waals surface area contributed by atoms with Gasteiger partial charge < -0.3 is 9.47 Å². The van der Waals surface area contributed by atoms with Crippen LogP contribution >= 0.6 is 0 Å². The molecule has 0 heterocycles. The Hall–Kier alpha value is -1.58. The molecular weight excluding hydrogens is 247 g/mol. The predicted octanol–water partition coefficient (Wildman–Crippen LogP) is 3.33. The first kappa shape index (κ1) is 13.8. The average molecular weight is 266 g/mol. The molecule has 0 spiro atoms. The number of rotatable bonds is 6. The van der Waals surface area contributed by atoms with Crippen molar-refractivity contribution in [1.82, 2.24) is 0 Å². The molecule has 0 saturated heterocycles. The number of carbonyl (C=O) groups excluding carboxylic acids is 1. The number of hydrogen-bond donors (Lipinski definition) is 0. The highest BCUT2D eigenvalue weighted by atomic mass is 19.1. The van der Waals surface area contributed by atoms with Crippen molar-refractivity contribution in [3.05, 3.63) is 30.1 Å². The first-order valence-electron chi connectivity index (χ1n) is 6.81. The van der Waals surface area contributed by atoms with E-state index in [-0.39, 0.29) is 17.7 Å². The summed E-state index contributed by atoms with van der Waals surface area (Å²) in [5.41, 5.74) is 0. The van der Waals surface area contributed by atoms with E-state index in [0.29, 0.717) is 25.4 Å². The molecule has 0 aliphatic heterocycles. The molecule has 2 rings (SSSR count). The van der Waals surface area contributed by atoms with E-state index < -0.39 is 0 Å². The molecule has 3 nitrogen and oxygen atoms in total. The number of benzene rings is 1. The van der Waals surface area contributed by atoms with Crippen LogP contribution in [0.15, 0.2) is 24.3 Å². The molecule has 1 aromatic carbocycles. The van der Waals surface area contributed by atoms with Gasteiger partial charge in [0, 0.05) is 6.42 Å². The summed E-state index contributed by atoms with van der Waals surface area (Å²) in [6.07, 6.45) is 4.84. The predicted molar refractivity (Wildman–Crippen MR) is 69.4 cm³/mol. The third-order valence-corrected chi connectivity index (χ3v) is 3.30. The standard InChI is InChI=1S/C15H19FO3/c16-13-6-8-14(9-7-13)18-10-3-11-19-15(17)12-4-1-2-5-12/h6-9,12H,1-5,10-11H2. The lowest BCUT2D eigenvalue weighted by Crippen LogP contribution is -2.16. The van der Waals surface area contributed by atoms with Crippen LogP contribution in [0, 0.1) is 11.7 Å². The molecule has 0 atom stereocenters. The molecule has 4 heteroatoms. The monoisotopic (exact) mass is 266 g/mol. The third kappa shape index (κ3) is 4.54. The highest BCUT2D eigenvalue weighted by molar-refractivity contribution is 5.72. The summed E-state index contributed by atoms with van der Waals surface area (Å²) in [5.74, 6) is 0.388. The van der Waals surface area contributed by atoms with Gasteiger partial charge in [0.05, 0.1) is 19.1 Å². The van der Waals surface area contributed by atoms with E-state index in [2.05, 4.69) is 0 Å². The average Bonchev–Trinajstić information content (AvgIpc) is 2.94. The van der Waals surface area contributed by atoms with Crippen LogP contribution in [0.4, 0.5) is 4.39 Å². The Kier molecular flexibility index (Phi) is 5.19. The van der Waals surface area contributed by atoms with Crippen molar-refractivity contribution in [1.29, 1.82) is 0 Å². The fourth-order valence-corrected chi connectivity index (χ4v) is 2.23. The zero-order valence-corrected chi connectivity index (χ0v) is 10.9. The van der Waals surface area contributed by atoms with Crippen LogP contribution in [-0.2, 0) is 9.53 Å². The van der Waals surface area contributed by atoms with Gasteiger partial charge in [-0.25, -0.2) is 4.39 Å². The molecular formula is C15H19FO3. The first-order valence-corrected chi connectivity index (χ1v) is 6.81. The zero-order valence-electron chi connectivity index (χ0n) is 10.9. The van der Waals surface area contributed by atoms with Gasteiger partial charge >= 0.3 is 5.97 Å². The molecule has 1 saturated carbocycles. The maximum absolute atomic E-state index is 12.7. The van der Waals surface area contributed by atoms with Crippen LogP contribution in [0.3, 0.4) is 0 Å². The summed E-state index contributed by atoms with van der Waals surface area (Å²) in [5, 5.41) is 0. The third-order valence-electron chi connectivity index (χ3n) is 3.30. The number of halogens is 1. The van der Waals surface area contributed by atoms with E-state index in [1.165, 1.54) is 12.1 Å². The van der Waals surface area contributed by atoms with Crippen LogP contribution in [0.25, 0.3) is 0 Å². The smallest absolute Gasteiger partial charge is 0.308 e. The first-order chi connectivity index (χ1) is 9.25. The maximum atomic E-state index is 12.7. The number of hydrogen-bond acceptors (Lipinski definition) is 3. The van der Waals surface area contributed by atoms with E-state index in [1.54, 1.807) is 12.1 Å². The van der Waals surface area contributed by atoms with Crippen molar-refractivity contribution < 1.29 is 18.7 Å². The summed E-state index contributed by atoms with van der Waals surface area (Å²) in [6, 6.07) is 5.88. The van der Waals surface area contributed by atoms with Crippen molar-refractivity contribution >= 4 is 5.97 Å². The number of carbonyl (C=O) groups is 1. The van der Waals surface area contributed by atoms with Crippen molar-refractivity contribution in [3.63, 3.8) is 0 Å². The molecule has 1 aliphatic rings. The highest BCUT2D eigenvalue weighted by Crippen LogP contribution is 2.25. The maximum Gasteiger partial charge on any atom is 0.308 e. The van der Waals surface area contributed by atoms with Gasteiger partial charge in [-0.15, -0.1) is 0 Å². The van der Waals surface area contributed by atoms with Crippen molar-refractivity contribution in [3.8, 4) is 5.75 Å². The lowest BCUT2D eigenvalue weighted by Gasteiger charge is -2.10. The van der Waals surface area contributed by atoms with Gasteiger partial charge in [0.25, 0.3) is 0 Å². The van der Waals surface area contributed by atoms with Gasteiger partial charge in [0.2, 0.25) is 0 Å². The Morgan fingerprint density at radius 3 is 2.53 bits per heavy atom. The summed E-state index contributed by atoms with van der Waals surface area (Å²) < 4.78 is 23.3. The minimum atomic E-state index is -0.280. The molecule has 0 unspecified atom stereocenters. The molecule has 1 aliphatic carbocycles. The summed E-state index contributed by atoms with van der Waals surface area (Å²) in [7, 11) is 0. The molecule has 104 valence electrons. The fraction of sp³-hybridized carbons (Fsp3) is 0.533. The van der Waals surface area contributed by atoms with E-state index in [0.717, 1.165) is 25.7 Å². The lowest BCUT2D eigenvalue weighted by molar-refractivity contribution is -0.148. The summed E-state index contributed by atoms with van der Waals surface area (Å²) in [6.45, 7) is 0.847. The van der Waals surface area contributed by atoms with Crippen LogP contribution < -0.4 is 4.74 Å². The second-order valence-corrected chi connectivity index (χ2v) is 4.80. The Labute approximate surface area is 112 Å². The Balaban J connectivity index is 1.56. The Morgan fingerprint density at radius 1 is 1.16 bits per heavy atom. The Bertz CT molecular complexity index is 396. The van der Waals surface area contributed by atoms with Crippen molar-refractivity contribution in [2.45, 2.75) is 32.1 Å². The second-order valence-electron chi connectivity index (χ2n) is 4.80. The van der Waals surface area contributed by atoms with E-state index in [4.69, 9.17) is 9.47 Å². The largest absolute Gasteiger partial charge is 0.493 e. The van der Waals surface area contributed by atoms with Gasteiger partial charge in [-0.2, -0.15) is 0 Å². The van der Waals surface area contributed by atoms with Gasteiger partial charge in [-0.05, 0) is 37.1 Å². The molecule has 0 bridgehead atoms. The minimum Gasteiger partial charge on any atom is -0.493 e. The molecule has 0 aromatic heterocycles. The molecule has 0 amide bonds. The highest BCUT2D eigenvalue weighted by Gasteiger charge is 2.23. The quantitative estimate of drug-likeness (QED) is 0.585. The van der Waals surface area contributed by atoms with Crippen LogP contribution in [0.1, 0.15) is 32.1 Å². The lowest BCUT2D eigenvalue weighted by atomic mass is 10.1. The SMILES string of the molecule is O=C(OCCCOc1ccc(F)cc1)C1CCCC1. The van der Waals surface area contributed by atoms with E-state index in [1.807, 2.05) is 0 Å². The van der Waals surface area contributed by atoms with Gasteiger partial charge in [0.1, 0.15) is 11.6 Å². The minimum absolute atomic E-state index is 0.0701. The normalized spacial score (nSPS) is 15.4. The van der Waals surface area contributed by atoms with E-state index >= 15 is 0 Å². The van der Waals surface area contributed by atoms with Crippen molar-refractivity contribution in [2.24, 2.45) is 5.92 Å². The van der Waals surface area contributed by atoms with E-state index in [9.17, 15) is 9.18 Å². The van der Waals surface area contributed by atoms with Crippen LogP contribution in [0.2, 0.25) is 0 Å². The molecule has 0 radical (unpaired) electrons. The van der Waals surface area contributed by atoms with Crippen molar-refractivity contribution in [2.75, 3.05) is 13.2 Å². The van der Waals surface area contributed by atoms with Crippen LogP contribution in [0.5, 0.6) is 5.75 Å². The molecule has 0 N–H and O–H groups in total. The topological polar surface area (TPSA) is 35.5 Å². The second kappa shape index (κ2) is 7.12. The summed E-state index contributed by atoms with van der Waals surface area (Å²) >= 11 is 0. The number of esters is 1. The Morgan fingerprint density at radius 2 is 1.84 bits per heavy atom. The van der Waals surface area contributed by atoms with Gasteiger partial charge in [-0.1, -0.05) is 12.8 Å². The fourth-order valence-electron chi connectivity index (χ4n) is 2.23. The van der Waals surface area contributed by atoms with Gasteiger partial charge in [-0.3, -0.25) is 4.79 Å². The molecule has 1 aromatic rings. The van der Waals surface area contributed by atoms with Gasteiger partial charge in [0.15, 0.2) is 0 Å². The molecule has 1 fully saturated rings. The number of ether oxygens (including phenoxy) is 2. The molecule has 19 heavy (non-hydrogen) atoms. The summed E-state index contributed by atoms with van der Waals surface area (Å²) in [4.78, 5) is 11.6. The zero-order chi connectivity index (χ0) is 13.5. The van der Waals surface area contributed by atoms with Crippen LogP contribution in [-0.4, -0.2) is 19.2 Å².